The average Bonchev–Trinajstić information content (AvgIpc) is 3.31. The van der Waals surface area contributed by atoms with Crippen molar-refractivity contribution in [1.82, 2.24) is 9.13 Å². The number of hydrogen-bond acceptors (Lipinski definition) is 2. The Morgan fingerprint density at radius 1 is 0.419 bits per heavy atom. The van der Waals surface area contributed by atoms with E-state index in [1.54, 1.807) is 0 Å². The topological polar surface area (TPSA) is 44.0 Å². The van der Waals surface area contributed by atoms with Gasteiger partial charge in [0.25, 0.3) is 0 Å². The molecule has 0 N–H and O–H groups in total. The summed E-state index contributed by atoms with van der Waals surface area (Å²) < 4.78 is 4.76. The highest BCUT2D eigenvalue weighted by Crippen LogP contribution is 2.42. The van der Waals surface area contributed by atoms with Crippen LogP contribution in [0.5, 0.6) is 0 Å². The average molecular weight is 813 g/mol. The molecule has 4 heteroatoms. The molecule has 310 valence electrons. The third-order valence-electron chi connectivity index (χ3n) is 14.6. The van der Waals surface area contributed by atoms with Crippen LogP contribution in [0.15, 0.2) is 131 Å². The number of nitrogens with zero attached hydrogens (tertiary/aromatic N) is 2. The minimum Gasteiger partial charge on any atom is -0.309 e. The summed E-state index contributed by atoms with van der Waals surface area (Å²) in [7, 11) is 0. The summed E-state index contributed by atoms with van der Waals surface area (Å²) >= 11 is 0. The van der Waals surface area contributed by atoms with Gasteiger partial charge in [0.05, 0.1) is 33.4 Å². The first-order valence-corrected chi connectivity index (χ1v) is 23.7. The van der Waals surface area contributed by atoms with Crippen molar-refractivity contribution in [2.24, 2.45) is 0 Å². The molecule has 11 rings (SSSR count). The number of aromatic nitrogens is 2. The Kier molecular flexibility index (Phi) is 10.1. The van der Waals surface area contributed by atoms with Gasteiger partial charge in [-0.1, -0.05) is 126 Å². The van der Waals surface area contributed by atoms with Crippen molar-refractivity contribution in [2.45, 2.75) is 116 Å². The van der Waals surface area contributed by atoms with E-state index in [9.17, 15) is 0 Å². The summed E-state index contributed by atoms with van der Waals surface area (Å²) in [5, 5.41) is 7.56. The zero-order valence-electron chi connectivity index (χ0n) is 36.3. The molecule has 2 aliphatic rings. The van der Waals surface area contributed by atoms with Crippen molar-refractivity contribution in [3.8, 4) is 11.4 Å². The maximum atomic E-state index is 15.3. The van der Waals surface area contributed by atoms with Crippen LogP contribution in [0.4, 0.5) is 0 Å². The molecule has 0 spiro atoms. The van der Waals surface area contributed by atoms with Gasteiger partial charge in [-0.05, 0) is 155 Å². The molecule has 0 saturated heterocycles. The fourth-order valence-corrected chi connectivity index (χ4v) is 11.5. The van der Waals surface area contributed by atoms with Crippen LogP contribution in [0, 0.1) is 0 Å². The van der Waals surface area contributed by atoms with Gasteiger partial charge in [-0.15, -0.1) is 0 Å². The fraction of sp³-hybridized carbons (Fsp3) is 0.310. The second-order valence-corrected chi connectivity index (χ2v) is 18.6. The van der Waals surface area contributed by atoms with E-state index < -0.39 is 0 Å². The summed E-state index contributed by atoms with van der Waals surface area (Å²) in [5.74, 6) is 0.827. The van der Waals surface area contributed by atoms with Crippen LogP contribution >= 0.6 is 0 Å². The summed E-state index contributed by atoms with van der Waals surface area (Å²) in [4.78, 5) is 30.6. The number of pyridine rings is 2. The van der Waals surface area contributed by atoms with Gasteiger partial charge in [0, 0.05) is 21.5 Å². The molecule has 0 radical (unpaired) electrons. The van der Waals surface area contributed by atoms with Crippen LogP contribution < -0.4 is 10.9 Å². The normalized spacial score (nSPS) is 15.5. The largest absolute Gasteiger partial charge is 0.309 e. The Hall–Kier alpha value is -6.00. The highest BCUT2D eigenvalue weighted by atomic mass is 16.1. The Bertz CT molecular complexity index is 3110. The zero-order chi connectivity index (χ0) is 41.9. The molecule has 9 aromatic rings. The third-order valence-corrected chi connectivity index (χ3v) is 14.6. The maximum absolute atomic E-state index is 15.3. The number of fused-ring (bicyclic) bond motifs is 6. The van der Waals surface area contributed by atoms with Crippen LogP contribution in [-0.4, -0.2) is 9.13 Å². The Morgan fingerprint density at radius 2 is 0.790 bits per heavy atom. The van der Waals surface area contributed by atoms with Crippen molar-refractivity contribution in [1.29, 1.82) is 0 Å². The van der Waals surface area contributed by atoms with Gasteiger partial charge in [-0.2, -0.15) is 0 Å². The highest BCUT2D eigenvalue weighted by Gasteiger charge is 2.26. The van der Waals surface area contributed by atoms with Crippen LogP contribution in [-0.2, 0) is 12.8 Å². The molecule has 0 unspecified atom stereocenters. The van der Waals surface area contributed by atoms with E-state index in [1.807, 2.05) is 0 Å². The minimum absolute atomic E-state index is 0.0149. The summed E-state index contributed by atoms with van der Waals surface area (Å²) in [5.41, 5.74) is 10.8. The summed E-state index contributed by atoms with van der Waals surface area (Å²) in [6, 6.07) is 44.1. The van der Waals surface area contributed by atoms with E-state index in [0.717, 1.165) is 84.8 Å². The lowest BCUT2D eigenvalue weighted by molar-refractivity contribution is 0.443. The van der Waals surface area contributed by atoms with Crippen molar-refractivity contribution >= 4 is 65.2 Å². The molecule has 2 aromatic heterocycles. The molecule has 2 aliphatic carbocycles. The molecule has 0 bridgehead atoms. The lowest BCUT2D eigenvalue weighted by atomic mass is 9.82. The van der Waals surface area contributed by atoms with Crippen LogP contribution in [0.1, 0.15) is 125 Å². The van der Waals surface area contributed by atoms with Crippen molar-refractivity contribution in [3.05, 3.63) is 164 Å². The first-order valence-electron chi connectivity index (χ1n) is 23.7. The summed E-state index contributed by atoms with van der Waals surface area (Å²) in [6.07, 6.45) is 15.9. The van der Waals surface area contributed by atoms with E-state index >= 15 is 9.59 Å². The molecule has 7 aromatic carbocycles. The maximum Gasteiger partial charge on any atom is 0.197 e. The van der Waals surface area contributed by atoms with E-state index in [4.69, 9.17) is 0 Å². The van der Waals surface area contributed by atoms with Crippen molar-refractivity contribution in [2.75, 3.05) is 0 Å². The molecule has 2 saturated carbocycles. The van der Waals surface area contributed by atoms with Crippen LogP contribution in [0.2, 0.25) is 0 Å². The molecule has 0 aliphatic heterocycles. The quantitative estimate of drug-likeness (QED) is 0.143. The highest BCUT2D eigenvalue weighted by molar-refractivity contribution is 6.06. The first kappa shape index (κ1) is 38.9. The van der Waals surface area contributed by atoms with E-state index in [2.05, 4.69) is 144 Å². The smallest absolute Gasteiger partial charge is 0.197 e. The molecular weight excluding hydrogens is 757 g/mol. The standard InChI is InChI=1S/C58H56N2O2/c1-3-15-37-25-27-45-51(29-37)59(53-33-43-23-13-11-21-41(43)31-47(53)39-17-7-5-8-18-39)55-35-50-56(36-49(55)57(45)61)60(52-30-38(16-4-2)26-28-46(52)58(50)62)54-34-44-24-14-12-22-42(44)32-48(54)40-19-9-6-10-20-40/h11-14,21-36,39-40H,3-10,15-20H2,1-2H3. The molecule has 2 fully saturated rings. The van der Waals surface area contributed by atoms with Crippen LogP contribution in [0.25, 0.3) is 76.5 Å². The molecule has 62 heavy (non-hydrogen) atoms. The monoisotopic (exact) mass is 812 g/mol. The van der Waals surface area contributed by atoms with Gasteiger partial charge in [-0.25, -0.2) is 0 Å². The zero-order valence-corrected chi connectivity index (χ0v) is 36.3. The van der Waals surface area contributed by atoms with E-state index in [0.29, 0.717) is 33.4 Å². The molecule has 4 nitrogen and oxygen atoms in total. The van der Waals surface area contributed by atoms with Gasteiger partial charge >= 0.3 is 0 Å². The third kappa shape index (κ3) is 6.57. The SMILES string of the molecule is CCCc1ccc2c(=O)c3cc4c(cc3n(-c3cc5ccccc5cc3C3CCCCC3)c2c1)c(=O)c1ccc(CCC)cc1n4-c1cc2ccccc2cc1C1CCCCC1. The van der Waals surface area contributed by atoms with E-state index in [-0.39, 0.29) is 10.9 Å². The predicted octanol–water partition coefficient (Wildman–Crippen LogP) is 14.9. The summed E-state index contributed by atoms with van der Waals surface area (Å²) in [6.45, 7) is 4.42. The fourth-order valence-electron chi connectivity index (χ4n) is 11.5. The number of hydrogen-bond donors (Lipinski definition) is 0. The Morgan fingerprint density at radius 3 is 1.18 bits per heavy atom. The second kappa shape index (κ2) is 16.0. The van der Waals surface area contributed by atoms with Gasteiger partial charge < -0.3 is 9.13 Å². The van der Waals surface area contributed by atoms with Crippen molar-refractivity contribution in [3.63, 3.8) is 0 Å². The Labute approximate surface area is 363 Å². The minimum atomic E-state index is 0.0149. The van der Waals surface area contributed by atoms with E-state index in [1.165, 1.54) is 82.3 Å². The van der Waals surface area contributed by atoms with Gasteiger partial charge in [0.15, 0.2) is 10.9 Å². The lowest BCUT2D eigenvalue weighted by Gasteiger charge is -2.28. The van der Waals surface area contributed by atoms with Crippen LogP contribution in [0.3, 0.4) is 0 Å². The molecular formula is C58H56N2O2. The van der Waals surface area contributed by atoms with Gasteiger partial charge in [0.1, 0.15) is 0 Å². The number of rotatable bonds is 8. The predicted molar refractivity (Wildman–Crippen MR) is 262 cm³/mol. The lowest BCUT2D eigenvalue weighted by Crippen LogP contribution is -2.17. The number of benzene rings is 7. The molecule has 2 heterocycles. The molecule has 0 amide bonds. The number of aryl methyl sites for hydroxylation is 2. The Balaban J connectivity index is 1.31. The first-order chi connectivity index (χ1) is 30.5. The van der Waals surface area contributed by atoms with Gasteiger partial charge in [-0.3, -0.25) is 9.59 Å². The molecule has 0 atom stereocenters. The second-order valence-electron chi connectivity index (χ2n) is 18.6. The van der Waals surface area contributed by atoms with Crippen molar-refractivity contribution < 1.29 is 0 Å². The van der Waals surface area contributed by atoms with Gasteiger partial charge in [0.2, 0.25) is 0 Å².